The summed E-state index contributed by atoms with van der Waals surface area (Å²) in [4.78, 5) is 17.8. The van der Waals surface area contributed by atoms with Crippen LogP contribution in [0.3, 0.4) is 0 Å². The van der Waals surface area contributed by atoms with Crippen molar-refractivity contribution in [3.05, 3.63) is 24.3 Å². The van der Waals surface area contributed by atoms with E-state index in [2.05, 4.69) is 9.88 Å². The molecule has 1 saturated heterocycles. The first-order valence-electron chi connectivity index (χ1n) is 6.56. The molecule has 1 fully saturated rings. The number of carboxylic acid groups (broad SMARTS) is 1. The van der Waals surface area contributed by atoms with E-state index < -0.39 is 5.97 Å². The molecule has 5 heteroatoms. The summed E-state index contributed by atoms with van der Waals surface area (Å²) in [5, 5.41) is 9.16. The molecule has 19 heavy (non-hydrogen) atoms. The Balaban J connectivity index is 1.95. The molecule has 100 valence electrons. The molecule has 1 atom stereocenters. The lowest BCUT2D eigenvalue weighted by Crippen LogP contribution is -2.39. The molecule has 1 N–H and O–H groups in total. The van der Waals surface area contributed by atoms with Crippen LogP contribution in [0.15, 0.2) is 24.3 Å². The van der Waals surface area contributed by atoms with Crippen molar-refractivity contribution in [1.82, 2.24) is 9.55 Å². The fraction of sp³-hybridized carbons (Fsp3) is 0.429. The molecule has 1 unspecified atom stereocenters. The first-order chi connectivity index (χ1) is 9.16. The van der Waals surface area contributed by atoms with Crippen LogP contribution >= 0.6 is 0 Å². The number of anilines is 1. The van der Waals surface area contributed by atoms with E-state index in [1.54, 1.807) is 0 Å². The topological polar surface area (TPSA) is 58.4 Å². The second kappa shape index (κ2) is 4.57. The molecule has 1 aromatic heterocycles. The minimum absolute atomic E-state index is 0.284. The number of aryl methyl sites for hydroxylation is 1. The van der Waals surface area contributed by atoms with Crippen molar-refractivity contribution in [3.63, 3.8) is 0 Å². The summed E-state index contributed by atoms with van der Waals surface area (Å²) < 4.78 is 2.04. The molecule has 0 amide bonds. The maximum absolute atomic E-state index is 11.1. The molecule has 1 aliphatic heterocycles. The van der Waals surface area contributed by atoms with Gasteiger partial charge in [0.1, 0.15) is 0 Å². The van der Waals surface area contributed by atoms with E-state index in [1.807, 2.05) is 35.9 Å². The fourth-order valence-corrected chi connectivity index (χ4v) is 2.78. The third-order valence-corrected chi connectivity index (χ3v) is 3.82. The molecule has 0 saturated carbocycles. The monoisotopic (exact) mass is 259 g/mol. The second-order valence-electron chi connectivity index (χ2n) is 5.08. The van der Waals surface area contributed by atoms with Crippen LogP contribution in [0.5, 0.6) is 0 Å². The molecular weight excluding hydrogens is 242 g/mol. The number of hydrogen-bond acceptors (Lipinski definition) is 3. The Morgan fingerprint density at radius 3 is 2.95 bits per heavy atom. The Morgan fingerprint density at radius 1 is 1.42 bits per heavy atom. The summed E-state index contributed by atoms with van der Waals surface area (Å²) in [6.07, 6.45) is 1.66. The summed E-state index contributed by atoms with van der Waals surface area (Å²) in [5.74, 6) is -0.121. The van der Waals surface area contributed by atoms with Gasteiger partial charge < -0.3 is 14.6 Å². The Kier molecular flexibility index (Phi) is 2.89. The van der Waals surface area contributed by atoms with E-state index in [4.69, 9.17) is 5.11 Å². The quantitative estimate of drug-likeness (QED) is 0.894. The third kappa shape index (κ3) is 2.05. The van der Waals surface area contributed by atoms with Gasteiger partial charge in [0.2, 0.25) is 5.95 Å². The molecule has 3 rings (SSSR count). The first-order valence-corrected chi connectivity index (χ1v) is 6.56. The molecule has 0 radical (unpaired) electrons. The number of aromatic nitrogens is 2. The Hall–Kier alpha value is -2.04. The van der Waals surface area contributed by atoms with E-state index in [1.165, 1.54) is 0 Å². The Morgan fingerprint density at radius 2 is 2.21 bits per heavy atom. The predicted octanol–water partition coefficient (Wildman–Crippen LogP) is 1.87. The predicted molar refractivity (Wildman–Crippen MR) is 73.3 cm³/mol. The van der Waals surface area contributed by atoms with Crippen molar-refractivity contribution in [1.29, 1.82) is 0 Å². The molecule has 1 aromatic carbocycles. The summed E-state index contributed by atoms with van der Waals surface area (Å²) in [5.41, 5.74) is 2.03. The highest BCUT2D eigenvalue weighted by atomic mass is 16.4. The maximum atomic E-state index is 11.1. The lowest BCUT2D eigenvalue weighted by atomic mass is 9.99. The number of carbonyl (C=O) groups is 1. The summed E-state index contributed by atoms with van der Waals surface area (Å²) in [7, 11) is 1.98. The van der Waals surface area contributed by atoms with Crippen molar-refractivity contribution in [3.8, 4) is 0 Å². The van der Waals surface area contributed by atoms with E-state index in [9.17, 15) is 4.79 Å². The van der Waals surface area contributed by atoms with E-state index in [0.29, 0.717) is 6.54 Å². The zero-order chi connectivity index (χ0) is 13.4. The molecule has 0 aliphatic carbocycles. The van der Waals surface area contributed by atoms with Crippen LogP contribution in [0.1, 0.15) is 12.8 Å². The molecule has 1 aliphatic rings. The number of imidazole rings is 1. The standard InChI is InChI=1S/C14H17N3O2/c1-16-12-7-3-2-6-11(12)15-14(16)17-8-4-5-10(9-17)13(18)19/h2-3,6-7,10H,4-5,8-9H2,1H3,(H,18,19). The van der Waals surface area contributed by atoms with Gasteiger partial charge in [-0.2, -0.15) is 0 Å². The van der Waals surface area contributed by atoms with Crippen LogP contribution in [-0.2, 0) is 11.8 Å². The zero-order valence-corrected chi connectivity index (χ0v) is 10.9. The number of aliphatic carboxylic acids is 1. The van der Waals surface area contributed by atoms with Crippen molar-refractivity contribution >= 4 is 23.0 Å². The van der Waals surface area contributed by atoms with Crippen molar-refractivity contribution in [2.24, 2.45) is 13.0 Å². The first kappa shape index (κ1) is 12.0. The molecule has 0 spiro atoms. The number of benzene rings is 1. The van der Waals surface area contributed by atoms with Crippen LogP contribution in [-0.4, -0.2) is 33.7 Å². The van der Waals surface area contributed by atoms with E-state index >= 15 is 0 Å². The highest BCUT2D eigenvalue weighted by Crippen LogP contribution is 2.25. The molecule has 2 aromatic rings. The number of fused-ring (bicyclic) bond motifs is 1. The molecule has 0 bridgehead atoms. The van der Waals surface area contributed by atoms with Crippen molar-refractivity contribution in [2.45, 2.75) is 12.8 Å². The van der Waals surface area contributed by atoms with Gasteiger partial charge in [-0.15, -0.1) is 0 Å². The highest BCUT2D eigenvalue weighted by molar-refractivity contribution is 5.79. The largest absolute Gasteiger partial charge is 0.481 e. The molecule has 5 nitrogen and oxygen atoms in total. The lowest BCUT2D eigenvalue weighted by molar-refractivity contribution is -0.141. The van der Waals surface area contributed by atoms with Gasteiger partial charge in [0, 0.05) is 20.1 Å². The zero-order valence-electron chi connectivity index (χ0n) is 10.9. The van der Waals surface area contributed by atoms with Gasteiger partial charge in [0.15, 0.2) is 0 Å². The van der Waals surface area contributed by atoms with Crippen LogP contribution < -0.4 is 4.90 Å². The normalized spacial score (nSPS) is 19.8. The van der Waals surface area contributed by atoms with Gasteiger partial charge in [-0.1, -0.05) is 12.1 Å². The van der Waals surface area contributed by atoms with E-state index in [-0.39, 0.29) is 5.92 Å². The van der Waals surface area contributed by atoms with Gasteiger partial charge in [0.25, 0.3) is 0 Å². The third-order valence-electron chi connectivity index (χ3n) is 3.82. The minimum Gasteiger partial charge on any atom is -0.481 e. The lowest BCUT2D eigenvalue weighted by Gasteiger charge is -2.31. The highest BCUT2D eigenvalue weighted by Gasteiger charge is 2.27. The maximum Gasteiger partial charge on any atom is 0.308 e. The second-order valence-corrected chi connectivity index (χ2v) is 5.08. The van der Waals surface area contributed by atoms with Crippen LogP contribution in [0, 0.1) is 5.92 Å². The number of carboxylic acids is 1. The average Bonchev–Trinajstić information content (AvgIpc) is 2.77. The van der Waals surface area contributed by atoms with Gasteiger partial charge in [-0.25, -0.2) is 4.98 Å². The Bertz CT molecular complexity index is 620. The number of nitrogens with zero attached hydrogens (tertiary/aromatic N) is 3. The molecular formula is C14H17N3O2. The number of hydrogen-bond donors (Lipinski definition) is 1. The summed E-state index contributed by atoms with van der Waals surface area (Å²) in [6.45, 7) is 1.42. The average molecular weight is 259 g/mol. The van der Waals surface area contributed by atoms with Crippen LogP contribution in [0.4, 0.5) is 5.95 Å². The summed E-state index contributed by atoms with van der Waals surface area (Å²) >= 11 is 0. The SMILES string of the molecule is Cn1c(N2CCCC(C(=O)O)C2)nc2ccccc21. The van der Waals surface area contributed by atoms with Crippen molar-refractivity contribution < 1.29 is 9.90 Å². The summed E-state index contributed by atoms with van der Waals surface area (Å²) in [6, 6.07) is 7.97. The smallest absolute Gasteiger partial charge is 0.308 e. The van der Waals surface area contributed by atoms with Gasteiger partial charge in [0.05, 0.1) is 17.0 Å². The number of piperidine rings is 1. The number of para-hydroxylation sites is 2. The number of rotatable bonds is 2. The minimum atomic E-state index is -0.705. The van der Waals surface area contributed by atoms with Crippen molar-refractivity contribution in [2.75, 3.05) is 18.0 Å². The van der Waals surface area contributed by atoms with Gasteiger partial charge >= 0.3 is 5.97 Å². The Labute approximate surface area is 111 Å². The van der Waals surface area contributed by atoms with Gasteiger partial charge in [-0.3, -0.25) is 4.79 Å². The van der Waals surface area contributed by atoms with Crippen LogP contribution in [0.2, 0.25) is 0 Å². The molecule has 2 heterocycles. The van der Waals surface area contributed by atoms with Gasteiger partial charge in [-0.05, 0) is 25.0 Å². The fourth-order valence-electron chi connectivity index (χ4n) is 2.78. The van der Waals surface area contributed by atoms with Crippen LogP contribution in [0.25, 0.3) is 11.0 Å². The van der Waals surface area contributed by atoms with E-state index in [0.717, 1.165) is 36.4 Å².